The first-order chi connectivity index (χ1) is 9.92. The predicted octanol–water partition coefficient (Wildman–Crippen LogP) is 1.25. The largest absolute Gasteiger partial charge is 0.369 e. The van der Waals surface area contributed by atoms with Crippen LogP contribution in [0, 0.1) is 0 Å². The van der Waals surface area contributed by atoms with Gasteiger partial charge in [-0.1, -0.05) is 37.3 Å². The fourth-order valence-electron chi connectivity index (χ4n) is 2.97. The van der Waals surface area contributed by atoms with E-state index in [1.54, 1.807) is 0 Å². The Bertz CT molecular complexity index is 591. The molecule has 116 valence electrons. The van der Waals surface area contributed by atoms with Crippen molar-refractivity contribution in [2.24, 2.45) is 5.73 Å². The normalized spacial score (nSPS) is 19.3. The molecule has 1 aromatic carbocycles. The van der Waals surface area contributed by atoms with Crippen LogP contribution >= 0.6 is 0 Å². The van der Waals surface area contributed by atoms with Gasteiger partial charge < -0.3 is 5.73 Å². The number of rotatable bonds is 5. The molecule has 0 radical (unpaired) electrons. The molecule has 5 nitrogen and oxygen atoms in total. The van der Waals surface area contributed by atoms with E-state index in [-0.39, 0.29) is 11.7 Å². The van der Waals surface area contributed by atoms with Crippen molar-refractivity contribution in [2.45, 2.75) is 31.6 Å². The van der Waals surface area contributed by atoms with Crippen LogP contribution in [0.4, 0.5) is 0 Å². The first kappa shape index (κ1) is 16.0. The van der Waals surface area contributed by atoms with Crippen LogP contribution in [-0.4, -0.2) is 37.5 Å². The van der Waals surface area contributed by atoms with Crippen LogP contribution in [0.3, 0.4) is 0 Å². The zero-order valence-electron chi connectivity index (χ0n) is 12.3. The van der Waals surface area contributed by atoms with Crippen molar-refractivity contribution < 1.29 is 13.2 Å². The van der Waals surface area contributed by atoms with E-state index >= 15 is 0 Å². The number of nitrogens with two attached hydrogens (primary N) is 1. The highest BCUT2D eigenvalue weighted by atomic mass is 32.2. The van der Waals surface area contributed by atoms with E-state index in [1.807, 2.05) is 37.3 Å². The smallest absolute Gasteiger partial charge is 0.228 e. The molecule has 0 atom stereocenters. The Morgan fingerprint density at radius 2 is 1.81 bits per heavy atom. The van der Waals surface area contributed by atoms with Gasteiger partial charge in [0, 0.05) is 13.1 Å². The first-order valence-electron chi connectivity index (χ1n) is 7.25. The lowest BCUT2D eigenvalue weighted by Crippen LogP contribution is -2.51. The lowest BCUT2D eigenvalue weighted by atomic mass is 9.72. The lowest BCUT2D eigenvalue weighted by Gasteiger charge is -2.39. The second kappa shape index (κ2) is 6.15. The molecule has 1 amide bonds. The number of benzene rings is 1. The molecule has 1 heterocycles. The monoisotopic (exact) mass is 310 g/mol. The Hall–Kier alpha value is -1.40. The van der Waals surface area contributed by atoms with Gasteiger partial charge in [0.2, 0.25) is 15.9 Å². The minimum Gasteiger partial charge on any atom is -0.369 e. The van der Waals surface area contributed by atoms with Gasteiger partial charge in [-0.2, -0.15) is 0 Å². The van der Waals surface area contributed by atoms with Crippen molar-refractivity contribution in [1.82, 2.24) is 4.31 Å². The maximum Gasteiger partial charge on any atom is 0.228 e. The minimum atomic E-state index is -3.21. The second-order valence-corrected chi connectivity index (χ2v) is 7.62. The fraction of sp³-hybridized carbons (Fsp3) is 0.533. The average Bonchev–Trinajstić information content (AvgIpc) is 2.48. The summed E-state index contributed by atoms with van der Waals surface area (Å²) in [7, 11) is -3.21. The van der Waals surface area contributed by atoms with Crippen molar-refractivity contribution in [3.8, 4) is 0 Å². The number of hydrogen-bond donors (Lipinski definition) is 1. The number of hydrogen-bond acceptors (Lipinski definition) is 3. The Morgan fingerprint density at radius 3 is 2.29 bits per heavy atom. The summed E-state index contributed by atoms with van der Waals surface area (Å²) in [6, 6.07) is 9.42. The van der Waals surface area contributed by atoms with Gasteiger partial charge in [-0.25, -0.2) is 12.7 Å². The van der Waals surface area contributed by atoms with Crippen LogP contribution in [0.2, 0.25) is 0 Å². The molecule has 0 saturated carbocycles. The number of amides is 1. The number of sulfonamides is 1. The molecule has 1 fully saturated rings. The van der Waals surface area contributed by atoms with E-state index in [2.05, 4.69) is 0 Å². The summed E-state index contributed by atoms with van der Waals surface area (Å²) in [5.41, 5.74) is 5.77. The summed E-state index contributed by atoms with van der Waals surface area (Å²) >= 11 is 0. The standard InChI is InChI=1S/C15H22N2O3S/c1-2-12-21(19,20)17-10-8-15(9-11-17,14(16)18)13-6-4-3-5-7-13/h3-7H,2,8-12H2,1H3,(H2,16,18). The summed E-state index contributed by atoms with van der Waals surface area (Å²) in [5, 5.41) is 0. The van der Waals surface area contributed by atoms with Gasteiger partial charge in [0.1, 0.15) is 0 Å². The van der Waals surface area contributed by atoms with E-state index in [1.165, 1.54) is 4.31 Å². The van der Waals surface area contributed by atoms with Gasteiger partial charge in [-0.3, -0.25) is 4.79 Å². The van der Waals surface area contributed by atoms with Gasteiger partial charge >= 0.3 is 0 Å². The van der Waals surface area contributed by atoms with Crippen molar-refractivity contribution in [1.29, 1.82) is 0 Å². The van der Waals surface area contributed by atoms with Crippen LogP contribution < -0.4 is 5.73 Å². The Labute approximate surface area is 126 Å². The van der Waals surface area contributed by atoms with Crippen molar-refractivity contribution in [3.05, 3.63) is 35.9 Å². The van der Waals surface area contributed by atoms with E-state index < -0.39 is 15.4 Å². The highest BCUT2D eigenvalue weighted by Crippen LogP contribution is 2.36. The highest BCUT2D eigenvalue weighted by molar-refractivity contribution is 7.89. The third-order valence-corrected chi connectivity index (χ3v) is 6.31. The zero-order chi connectivity index (χ0) is 15.5. The number of carbonyl (C=O) groups excluding carboxylic acids is 1. The molecule has 0 unspecified atom stereocenters. The summed E-state index contributed by atoms with van der Waals surface area (Å²) in [4.78, 5) is 12.0. The number of nitrogens with zero attached hydrogens (tertiary/aromatic N) is 1. The lowest BCUT2D eigenvalue weighted by molar-refractivity contribution is -0.125. The molecular weight excluding hydrogens is 288 g/mol. The molecule has 2 rings (SSSR count). The van der Waals surface area contributed by atoms with Gasteiger partial charge in [0.25, 0.3) is 0 Å². The summed E-state index contributed by atoms with van der Waals surface area (Å²) in [6.45, 7) is 2.54. The summed E-state index contributed by atoms with van der Waals surface area (Å²) < 4.78 is 25.7. The Balaban J connectivity index is 2.22. The molecule has 1 saturated heterocycles. The van der Waals surface area contributed by atoms with Crippen molar-refractivity contribution >= 4 is 15.9 Å². The molecule has 6 heteroatoms. The molecule has 1 aromatic rings. The highest BCUT2D eigenvalue weighted by Gasteiger charge is 2.43. The predicted molar refractivity (Wildman–Crippen MR) is 82.2 cm³/mol. The first-order valence-corrected chi connectivity index (χ1v) is 8.86. The molecule has 2 N–H and O–H groups in total. The van der Waals surface area contributed by atoms with Crippen LogP contribution in [0.1, 0.15) is 31.7 Å². The third kappa shape index (κ3) is 3.11. The SMILES string of the molecule is CCCS(=O)(=O)N1CCC(C(N)=O)(c2ccccc2)CC1. The second-order valence-electron chi connectivity index (χ2n) is 5.53. The Morgan fingerprint density at radius 1 is 1.24 bits per heavy atom. The molecule has 21 heavy (non-hydrogen) atoms. The fourth-order valence-corrected chi connectivity index (χ4v) is 4.48. The van der Waals surface area contributed by atoms with E-state index in [9.17, 15) is 13.2 Å². The van der Waals surface area contributed by atoms with Crippen LogP contribution in [0.15, 0.2) is 30.3 Å². The Kier molecular flexibility index (Phi) is 4.68. The van der Waals surface area contributed by atoms with Crippen molar-refractivity contribution in [3.63, 3.8) is 0 Å². The maximum atomic E-state index is 12.1. The maximum absolute atomic E-state index is 12.1. The van der Waals surface area contributed by atoms with Gasteiger partial charge in [0.15, 0.2) is 0 Å². The van der Waals surface area contributed by atoms with E-state index in [4.69, 9.17) is 5.73 Å². The molecule has 0 spiro atoms. The summed E-state index contributed by atoms with van der Waals surface area (Å²) in [5.74, 6) is -0.219. The van der Waals surface area contributed by atoms with Crippen LogP contribution in [0.5, 0.6) is 0 Å². The molecule has 1 aliphatic heterocycles. The van der Waals surface area contributed by atoms with Gasteiger partial charge in [0.05, 0.1) is 11.2 Å². The van der Waals surface area contributed by atoms with E-state index in [0.29, 0.717) is 32.4 Å². The van der Waals surface area contributed by atoms with Gasteiger partial charge in [-0.15, -0.1) is 0 Å². The summed E-state index contributed by atoms with van der Waals surface area (Å²) in [6.07, 6.45) is 1.48. The molecule has 0 bridgehead atoms. The number of primary amides is 1. The quantitative estimate of drug-likeness (QED) is 0.888. The minimum absolute atomic E-state index is 0.155. The van der Waals surface area contributed by atoms with E-state index in [0.717, 1.165) is 5.56 Å². The third-order valence-electron chi connectivity index (χ3n) is 4.23. The molecule has 0 aromatic heterocycles. The molecule has 0 aliphatic carbocycles. The van der Waals surface area contributed by atoms with Crippen LogP contribution in [0.25, 0.3) is 0 Å². The zero-order valence-corrected chi connectivity index (χ0v) is 13.1. The number of carbonyl (C=O) groups is 1. The molecular formula is C15H22N2O3S. The number of piperidine rings is 1. The van der Waals surface area contributed by atoms with Crippen molar-refractivity contribution in [2.75, 3.05) is 18.8 Å². The molecule has 1 aliphatic rings. The van der Waals surface area contributed by atoms with Gasteiger partial charge in [-0.05, 0) is 24.8 Å². The van der Waals surface area contributed by atoms with Crippen LogP contribution in [-0.2, 0) is 20.2 Å². The topological polar surface area (TPSA) is 80.5 Å². The average molecular weight is 310 g/mol.